The van der Waals surface area contributed by atoms with Crippen molar-refractivity contribution in [3.05, 3.63) is 35.4 Å². The smallest absolute Gasteiger partial charge is 0.252 e. The maximum atomic E-state index is 12.5. The molecule has 7 heteroatoms. The lowest BCUT2D eigenvalue weighted by atomic mass is 9.99. The Balaban J connectivity index is 1.65. The summed E-state index contributed by atoms with van der Waals surface area (Å²) in [6.07, 6.45) is 3.34. The SMILES string of the molecule is N#CC1(NC(=O)c2cccc(CN3CCS(=O)(=O)CC3)c2)CCCC1. The van der Waals surface area contributed by atoms with E-state index in [1.165, 1.54) is 0 Å². The first kappa shape index (κ1) is 17.9. The lowest BCUT2D eigenvalue weighted by Gasteiger charge is -2.26. The molecule has 0 bridgehead atoms. The van der Waals surface area contributed by atoms with Crippen LogP contribution in [0.5, 0.6) is 0 Å². The molecule has 1 N–H and O–H groups in total. The molecule has 1 saturated heterocycles. The van der Waals surface area contributed by atoms with Crippen molar-refractivity contribution in [3.8, 4) is 6.07 Å². The van der Waals surface area contributed by atoms with E-state index in [-0.39, 0.29) is 17.4 Å². The van der Waals surface area contributed by atoms with Gasteiger partial charge in [0, 0.05) is 25.2 Å². The number of amides is 1. The predicted molar refractivity (Wildman–Crippen MR) is 94.7 cm³/mol. The van der Waals surface area contributed by atoms with Gasteiger partial charge in [0.15, 0.2) is 9.84 Å². The van der Waals surface area contributed by atoms with Gasteiger partial charge in [-0.1, -0.05) is 12.1 Å². The fourth-order valence-corrected chi connectivity index (χ4v) is 4.79. The van der Waals surface area contributed by atoms with E-state index < -0.39 is 15.4 Å². The maximum absolute atomic E-state index is 12.5. The molecule has 2 fully saturated rings. The molecule has 6 nitrogen and oxygen atoms in total. The Morgan fingerprint density at radius 2 is 1.92 bits per heavy atom. The van der Waals surface area contributed by atoms with Gasteiger partial charge in [0.05, 0.1) is 17.6 Å². The molecule has 0 atom stereocenters. The zero-order valence-electron chi connectivity index (χ0n) is 14.2. The van der Waals surface area contributed by atoms with Gasteiger partial charge in [0.1, 0.15) is 5.54 Å². The van der Waals surface area contributed by atoms with Gasteiger partial charge in [0.2, 0.25) is 0 Å². The van der Waals surface area contributed by atoms with E-state index in [0.717, 1.165) is 18.4 Å². The number of sulfone groups is 1. The summed E-state index contributed by atoms with van der Waals surface area (Å²) in [6.45, 7) is 1.67. The van der Waals surface area contributed by atoms with Crippen LogP contribution in [0.15, 0.2) is 24.3 Å². The van der Waals surface area contributed by atoms with E-state index in [1.807, 2.05) is 18.2 Å². The summed E-state index contributed by atoms with van der Waals surface area (Å²) in [5, 5.41) is 12.3. The van der Waals surface area contributed by atoms with Gasteiger partial charge in [-0.05, 0) is 43.4 Å². The highest BCUT2D eigenvalue weighted by Crippen LogP contribution is 2.29. The number of carbonyl (C=O) groups is 1. The average Bonchev–Trinajstić information content (AvgIpc) is 3.06. The Hall–Kier alpha value is -1.91. The molecule has 3 rings (SSSR count). The average molecular weight is 361 g/mol. The Bertz CT molecular complexity index is 778. The summed E-state index contributed by atoms with van der Waals surface area (Å²) in [6, 6.07) is 9.62. The second-order valence-corrected chi connectivity index (χ2v) is 9.29. The van der Waals surface area contributed by atoms with E-state index in [9.17, 15) is 18.5 Å². The Labute approximate surface area is 148 Å². The number of rotatable bonds is 4. The number of hydrogen-bond donors (Lipinski definition) is 1. The second kappa shape index (κ2) is 7.14. The summed E-state index contributed by atoms with van der Waals surface area (Å²) in [5.74, 6) is 0.168. The molecule has 1 aliphatic heterocycles. The third-order valence-corrected chi connectivity index (χ3v) is 6.67. The largest absolute Gasteiger partial charge is 0.334 e. The monoisotopic (exact) mass is 361 g/mol. The van der Waals surface area contributed by atoms with Crippen LogP contribution >= 0.6 is 0 Å². The summed E-state index contributed by atoms with van der Waals surface area (Å²) in [7, 11) is -2.89. The summed E-state index contributed by atoms with van der Waals surface area (Å²) >= 11 is 0. The van der Waals surface area contributed by atoms with E-state index in [0.29, 0.717) is 38.0 Å². The summed E-state index contributed by atoms with van der Waals surface area (Å²) in [4.78, 5) is 14.6. The predicted octanol–water partition coefficient (Wildman–Crippen LogP) is 1.48. The zero-order valence-corrected chi connectivity index (χ0v) is 15.0. The number of carbonyl (C=O) groups excluding carboxylic acids is 1. The van der Waals surface area contributed by atoms with Crippen LogP contribution in [0.1, 0.15) is 41.6 Å². The van der Waals surface area contributed by atoms with Crippen LogP contribution in [0.25, 0.3) is 0 Å². The highest BCUT2D eigenvalue weighted by Gasteiger charge is 2.35. The quantitative estimate of drug-likeness (QED) is 0.877. The first-order valence-corrected chi connectivity index (χ1v) is 10.5. The summed E-state index contributed by atoms with van der Waals surface area (Å²) < 4.78 is 23.0. The Kier molecular flexibility index (Phi) is 5.11. The molecule has 1 aromatic carbocycles. The Morgan fingerprint density at radius 3 is 2.56 bits per heavy atom. The van der Waals surface area contributed by atoms with Crippen LogP contribution in [0.2, 0.25) is 0 Å². The molecule has 1 saturated carbocycles. The van der Waals surface area contributed by atoms with Gasteiger partial charge >= 0.3 is 0 Å². The molecule has 0 unspecified atom stereocenters. The summed E-state index contributed by atoms with van der Waals surface area (Å²) in [5.41, 5.74) is 0.793. The fourth-order valence-electron chi connectivity index (χ4n) is 3.51. The first-order valence-electron chi connectivity index (χ1n) is 8.67. The third-order valence-electron chi connectivity index (χ3n) is 5.06. The molecule has 25 heavy (non-hydrogen) atoms. The molecule has 1 heterocycles. The second-order valence-electron chi connectivity index (χ2n) is 6.98. The van der Waals surface area contributed by atoms with Gasteiger partial charge < -0.3 is 5.32 Å². The molecule has 0 aromatic heterocycles. The van der Waals surface area contributed by atoms with Crippen LogP contribution in [0.3, 0.4) is 0 Å². The van der Waals surface area contributed by atoms with Crippen LogP contribution in [-0.2, 0) is 16.4 Å². The molecular formula is C18H23N3O3S. The lowest BCUT2D eigenvalue weighted by Crippen LogP contribution is -2.45. The van der Waals surface area contributed by atoms with Gasteiger partial charge in [-0.2, -0.15) is 5.26 Å². The molecule has 2 aliphatic rings. The lowest BCUT2D eigenvalue weighted by molar-refractivity contribution is 0.0920. The van der Waals surface area contributed by atoms with Crippen LogP contribution in [0.4, 0.5) is 0 Å². The van der Waals surface area contributed by atoms with Crippen molar-refractivity contribution in [1.29, 1.82) is 5.26 Å². The van der Waals surface area contributed by atoms with Gasteiger partial charge in [-0.3, -0.25) is 9.69 Å². The zero-order chi connectivity index (χ0) is 17.9. The molecule has 0 spiro atoms. The third kappa shape index (κ3) is 4.39. The van der Waals surface area contributed by atoms with Crippen LogP contribution in [0, 0.1) is 11.3 Å². The van der Waals surface area contributed by atoms with Gasteiger partial charge in [-0.15, -0.1) is 0 Å². The van der Waals surface area contributed by atoms with Crippen molar-refractivity contribution in [2.45, 2.75) is 37.8 Å². The van der Waals surface area contributed by atoms with E-state index in [4.69, 9.17) is 0 Å². The fraction of sp³-hybridized carbons (Fsp3) is 0.556. The van der Waals surface area contributed by atoms with Crippen molar-refractivity contribution in [2.24, 2.45) is 0 Å². The highest BCUT2D eigenvalue weighted by molar-refractivity contribution is 7.91. The van der Waals surface area contributed by atoms with Crippen molar-refractivity contribution < 1.29 is 13.2 Å². The molecular weight excluding hydrogens is 338 g/mol. The van der Waals surface area contributed by atoms with Gasteiger partial charge in [0.25, 0.3) is 5.91 Å². The number of nitriles is 1. The molecule has 1 amide bonds. The van der Waals surface area contributed by atoms with E-state index in [2.05, 4.69) is 16.3 Å². The van der Waals surface area contributed by atoms with Crippen molar-refractivity contribution in [1.82, 2.24) is 10.2 Å². The minimum atomic E-state index is -2.89. The van der Waals surface area contributed by atoms with Gasteiger partial charge in [-0.25, -0.2) is 8.42 Å². The normalized spacial score (nSPS) is 22.2. The number of benzene rings is 1. The van der Waals surface area contributed by atoms with Crippen molar-refractivity contribution in [2.75, 3.05) is 24.6 Å². The maximum Gasteiger partial charge on any atom is 0.252 e. The van der Waals surface area contributed by atoms with Crippen LogP contribution in [-0.4, -0.2) is 49.4 Å². The van der Waals surface area contributed by atoms with Crippen molar-refractivity contribution >= 4 is 15.7 Å². The van der Waals surface area contributed by atoms with Crippen LogP contribution < -0.4 is 5.32 Å². The Morgan fingerprint density at radius 1 is 1.24 bits per heavy atom. The highest BCUT2D eigenvalue weighted by atomic mass is 32.2. The van der Waals surface area contributed by atoms with Crippen molar-refractivity contribution in [3.63, 3.8) is 0 Å². The molecule has 1 aromatic rings. The number of nitrogens with zero attached hydrogens (tertiary/aromatic N) is 2. The van der Waals surface area contributed by atoms with E-state index in [1.54, 1.807) is 6.07 Å². The topological polar surface area (TPSA) is 90.3 Å². The minimum absolute atomic E-state index is 0.192. The first-order chi connectivity index (χ1) is 11.9. The molecule has 134 valence electrons. The van der Waals surface area contributed by atoms with E-state index >= 15 is 0 Å². The molecule has 0 radical (unpaired) electrons. The molecule has 1 aliphatic carbocycles. The number of nitrogens with one attached hydrogen (secondary N) is 1. The minimum Gasteiger partial charge on any atom is -0.334 e. The number of hydrogen-bond acceptors (Lipinski definition) is 5. The standard InChI is InChI=1S/C18H23N3O3S/c19-14-18(6-1-2-7-18)20-17(22)16-5-3-4-15(12-16)13-21-8-10-25(23,24)11-9-21/h3-5,12H,1-2,6-11,13H2,(H,20,22).